The number of fused-ring (bicyclic) bond motifs is 1. The van der Waals surface area contributed by atoms with E-state index in [1.807, 2.05) is 12.1 Å². The van der Waals surface area contributed by atoms with Gasteiger partial charge >= 0.3 is 5.97 Å². The first-order valence-corrected chi connectivity index (χ1v) is 8.82. The lowest BCUT2D eigenvalue weighted by Gasteiger charge is -2.32. The van der Waals surface area contributed by atoms with Gasteiger partial charge in [-0.25, -0.2) is 9.37 Å². The molecule has 2 heterocycles. The van der Waals surface area contributed by atoms with Crippen molar-refractivity contribution in [2.75, 3.05) is 18.0 Å². The number of hydrogen-bond acceptors (Lipinski definition) is 3. The molecule has 1 atom stereocenters. The Balaban J connectivity index is 1.70. The van der Waals surface area contributed by atoms with Crippen LogP contribution in [0.25, 0.3) is 22.4 Å². The van der Waals surface area contributed by atoms with Gasteiger partial charge in [0.15, 0.2) is 0 Å². The van der Waals surface area contributed by atoms with Crippen molar-refractivity contribution < 1.29 is 14.3 Å². The highest BCUT2D eigenvalue weighted by Crippen LogP contribution is 2.33. The summed E-state index contributed by atoms with van der Waals surface area (Å²) in [5.41, 5.74) is 2.87. The van der Waals surface area contributed by atoms with Gasteiger partial charge in [0.2, 0.25) is 0 Å². The summed E-state index contributed by atoms with van der Waals surface area (Å²) >= 11 is 6.36. The van der Waals surface area contributed by atoms with E-state index in [2.05, 4.69) is 14.9 Å². The highest BCUT2D eigenvalue weighted by Gasteiger charge is 2.26. The molecule has 0 amide bonds. The molecule has 0 spiro atoms. The van der Waals surface area contributed by atoms with Gasteiger partial charge in [0.25, 0.3) is 0 Å². The van der Waals surface area contributed by atoms with Crippen LogP contribution in [0.1, 0.15) is 12.8 Å². The molecule has 1 aliphatic heterocycles. The molecular formula is C19H17ClFN3O2. The number of carboxylic acids is 1. The van der Waals surface area contributed by atoms with Crippen LogP contribution in [-0.4, -0.2) is 34.1 Å². The maximum atomic E-state index is 13.4. The second kappa shape index (κ2) is 6.61. The lowest BCUT2D eigenvalue weighted by molar-refractivity contribution is -0.141. The van der Waals surface area contributed by atoms with Gasteiger partial charge < -0.3 is 15.0 Å². The van der Waals surface area contributed by atoms with Gasteiger partial charge in [-0.2, -0.15) is 0 Å². The minimum Gasteiger partial charge on any atom is -0.481 e. The Morgan fingerprint density at radius 2 is 2.15 bits per heavy atom. The number of aromatic nitrogens is 2. The predicted octanol–water partition coefficient (Wildman–Crippen LogP) is 4.32. The summed E-state index contributed by atoms with van der Waals surface area (Å²) in [7, 11) is 0. The van der Waals surface area contributed by atoms with Gasteiger partial charge in [0.1, 0.15) is 11.6 Å². The number of imidazole rings is 1. The smallest absolute Gasteiger partial charge is 0.308 e. The molecule has 0 radical (unpaired) electrons. The average Bonchev–Trinajstić information content (AvgIpc) is 3.05. The van der Waals surface area contributed by atoms with Crippen molar-refractivity contribution in [3.8, 4) is 11.4 Å². The summed E-state index contributed by atoms with van der Waals surface area (Å²) in [6.45, 7) is 1.28. The number of nitrogens with zero attached hydrogens (tertiary/aromatic N) is 2. The van der Waals surface area contributed by atoms with Crippen molar-refractivity contribution in [2.24, 2.45) is 5.92 Å². The number of nitrogens with one attached hydrogen (secondary N) is 1. The number of hydrogen-bond donors (Lipinski definition) is 2. The molecule has 1 fully saturated rings. The maximum Gasteiger partial charge on any atom is 0.308 e. The van der Waals surface area contributed by atoms with Crippen LogP contribution in [0, 0.1) is 11.7 Å². The topological polar surface area (TPSA) is 69.2 Å². The number of rotatable bonds is 3. The largest absolute Gasteiger partial charge is 0.481 e. The highest BCUT2D eigenvalue weighted by molar-refractivity contribution is 6.33. The van der Waals surface area contributed by atoms with Crippen LogP contribution in [0.4, 0.5) is 10.1 Å². The molecular weight excluding hydrogens is 357 g/mol. The van der Waals surface area contributed by atoms with E-state index in [0.29, 0.717) is 34.9 Å². The van der Waals surface area contributed by atoms with Gasteiger partial charge in [0.05, 0.1) is 22.0 Å². The molecule has 3 aromatic rings. The van der Waals surface area contributed by atoms with Crippen molar-refractivity contribution in [2.45, 2.75) is 12.8 Å². The molecule has 7 heteroatoms. The fourth-order valence-corrected chi connectivity index (χ4v) is 3.62. The molecule has 0 unspecified atom stereocenters. The molecule has 4 rings (SSSR count). The highest BCUT2D eigenvalue weighted by atomic mass is 35.5. The maximum absolute atomic E-state index is 13.4. The minimum atomic E-state index is -0.761. The minimum absolute atomic E-state index is 0.344. The molecule has 2 N–H and O–H groups in total. The molecule has 26 heavy (non-hydrogen) atoms. The van der Waals surface area contributed by atoms with Crippen molar-refractivity contribution in [3.05, 3.63) is 47.2 Å². The summed E-state index contributed by atoms with van der Waals surface area (Å²) in [5, 5.41) is 9.82. The lowest BCUT2D eigenvalue weighted by atomic mass is 9.97. The summed E-state index contributed by atoms with van der Waals surface area (Å²) in [4.78, 5) is 21.0. The van der Waals surface area contributed by atoms with Crippen molar-refractivity contribution in [1.29, 1.82) is 0 Å². The van der Waals surface area contributed by atoms with E-state index < -0.39 is 5.97 Å². The van der Waals surface area contributed by atoms with Crippen LogP contribution in [0.15, 0.2) is 36.4 Å². The average molecular weight is 374 g/mol. The van der Waals surface area contributed by atoms with Crippen LogP contribution in [0.2, 0.25) is 5.02 Å². The van der Waals surface area contributed by atoms with Gasteiger partial charge in [0, 0.05) is 30.4 Å². The summed E-state index contributed by atoms with van der Waals surface area (Å²) in [6, 6.07) is 9.96. The van der Waals surface area contributed by atoms with Gasteiger partial charge in [-0.1, -0.05) is 11.6 Å². The predicted molar refractivity (Wildman–Crippen MR) is 99.1 cm³/mol. The number of piperidine rings is 1. The number of halogens is 2. The summed E-state index contributed by atoms with van der Waals surface area (Å²) < 4.78 is 13.4. The second-order valence-corrected chi connectivity index (χ2v) is 6.94. The number of carboxylic acid groups (broad SMARTS) is 1. The fraction of sp³-hybridized carbons (Fsp3) is 0.263. The molecule has 2 aromatic carbocycles. The van der Waals surface area contributed by atoms with E-state index >= 15 is 0 Å². The SMILES string of the molecule is O=C(O)[C@@H]1CCCN(c2ccc(Cl)c(-c3nc4cc(F)ccc4[nH]3)c2)C1. The Morgan fingerprint density at radius 1 is 1.31 bits per heavy atom. The molecule has 1 aliphatic rings. The number of benzene rings is 2. The van der Waals surface area contributed by atoms with Crippen LogP contribution in [-0.2, 0) is 4.79 Å². The van der Waals surface area contributed by atoms with Crippen molar-refractivity contribution in [1.82, 2.24) is 9.97 Å². The molecule has 1 aromatic heterocycles. The molecule has 134 valence electrons. The van der Waals surface area contributed by atoms with Gasteiger partial charge in [-0.15, -0.1) is 0 Å². The van der Waals surface area contributed by atoms with E-state index in [0.717, 1.165) is 24.2 Å². The Bertz CT molecular complexity index is 988. The number of aromatic amines is 1. The van der Waals surface area contributed by atoms with E-state index in [4.69, 9.17) is 11.6 Å². The molecule has 0 aliphatic carbocycles. The first-order valence-electron chi connectivity index (χ1n) is 8.44. The Kier molecular flexibility index (Phi) is 4.28. The van der Waals surface area contributed by atoms with E-state index in [9.17, 15) is 14.3 Å². The van der Waals surface area contributed by atoms with Crippen molar-refractivity contribution >= 4 is 34.3 Å². The Hall–Kier alpha value is -2.60. The number of carbonyl (C=O) groups is 1. The molecule has 1 saturated heterocycles. The van der Waals surface area contributed by atoms with Crippen LogP contribution in [0.3, 0.4) is 0 Å². The third-order valence-electron chi connectivity index (χ3n) is 4.79. The quantitative estimate of drug-likeness (QED) is 0.717. The standard InChI is InChI=1S/C19H17ClFN3O2/c20-15-5-4-13(24-7-1-2-11(10-24)19(25)26)9-14(15)18-22-16-6-3-12(21)8-17(16)23-18/h3-6,8-9,11H,1-2,7,10H2,(H,22,23)(H,25,26)/t11-/m1/s1. The monoisotopic (exact) mass is 373 g/mol. The normalized spacial score (nSPS) is 17.6. The summed E-state index contributed by atoms with van der Waals surface area (Å²) in [6.07, 6.45) is 1.53. The van der Waals surface area contributed by atoms with Crippen LogP contribution < -0.4 is 4.90 Å². The number of aliphatic carboxylic acids is 1. The van der Waals surface area contributed by atoms with Crippen LogP contribution >= 0.6 is 11.6 Å². The lowest BCUT2D eigenvalue weighted by Crippen LogP contribution is -2.38. The third kappa shape index (κ3) is 3.12. The van der Waals surface area contributed by atoms with Gasteiger partial charge in [-0.3, -0.25) is 4.79 Å². The zero-order chi connectivity index (χ0) is 18.3. The second-order valence-electron chi connectivity index (χ2n) is 6.53. The zero-order valence-corrected chi connectivity index (χ0v) is 14.6. The fourth-order valence-electron chi connectivity index (χ4n) is 3.41. The Labute approximate surface area is 154 Å². The molecule has 0 saturated carbocycles. The first-order chi connectivity index (χ1) is 12.5. The number of H-pyrrole nitrogens is 1. The van der Waals surface area contributed by atoms with E-state index in [1.54, 1.807) is 12.1 Å². The number of anilines is 1. The molecule has 5 nitrogen and oxygen atoms in total. The Morgan fingerprint density at radius 3 is 2.96 bits per heavy atom. The van der Waals surface area contributed by atoms with E-state index in [-0.39, 0.29) is 11.7 Å². The zero-order valence-electron chi connectivity index (χ0n) is 13.9. The van der Waals surface area contributed by atoms with E-state index in [1.165, 1.54) is 12.1 Å². The third-order valence-corrected chi connectivity index (χ3v) is 5.12. The first kappa shape index (κ1) is 16.8. The molecule has 0 bridgehead atoms. The van der Waals surface area contributed by atoms with Crippen molar-refractivity contribution in [3.63, 3.8) is 0 Å². The van der Waals surface area contributed by atoms with Gasteiger partial charge in [-0.05, 0) is 43.2 Å². The van der Waals surface area contributed by atoms with Crippen LogP contribution in [0.5, 0.6) is 0 Å². The summed E-state index contributed by atoms with van der Waals surface area (Å²) in [5.74, 6) is -0.909.